The molecule has 10 heteroatoms. The van der Waals surface area contributed by atoms with Crippen LogP contribution in [0.15, 0.2) is 97.3 Å². The smallest absolute Gasteiger partial charge is 0.229 e. The molecule has 8 rings (SSSR count). The van der Waals surface area contributed by atoms with Gasteiger partial charge in [0.05, 0.1) is 54.4 Å². The summed E-state index contributed by atoms with van der Waals surface area (Å²) in [7, 11) is 0. The Morgan fingerprint density at radius 1 is 0.680 bits per heavy atom. The second-order valence-corrected chi connectivity index (χ2v) is 13.4. The number of amides is 2. The van der Waals surface area contributed by atoms with Crippen molar-refractivity contribution in [3.63, 3.8) is 0 Å². The molecule has 50 heavy (non-hydrogen) atoms. The molecular weight excluding hydrogens is 624 g/mol. The van der Waals surface area contributed by atoms with Crippen molar-refractivity contribution in [3.05, 3.63) is 126 Å². The van der Waals surface area contributed by atoms with Crippen LogP contribution in [-0.2, 0) is 22.4 Å². The van der Waals surface area contributed by atoms with Crippen LogP contribution in [0.4, 0.5) is 0 Å². The van der Waals surface area contributed by atoms with E-state index in [1.807, 2.05) is 65.5 Å². The van der Waals surface area contributed by atoms with Crippen molar-refractivity contribution < 1.29 is 9.59 Å². The Morgan fingerprint density at radius 2 is 1.18 bits per heavy atom. The minimum atomic E-state index is -0.0562. The van der Waals surface area contributed by atoms with Crippen molar-refractivity contribution >= 4 is 11.8 Å². The number of hydrogen-bond acceptors (Lipinski definition) is 5. The van der Waals surface area contributed by atoms with E-state index < -0.39 is 0 Å². The topological polar surface area (TPSA) is 127 Å². The molecule has 2 aliphatic heterocycles. The average molecular weight is 665 g/mol. The monoisotopic (exact) mass is 664 g/mol. The zero-order valence-electron chi connectivity index (χ0n) is 28.1. The third kappa shape index (κ3) is 6.48. The number of rotatable bonds is 9. The van der Waals surface area contributed by atoms with E-state index in [2.05, 4.69) is 68.7 Å². The van der Waals surface area contributed by atoms with Crippen molar-refractivity contribution in [3.8, 4) is 33.6 Å². The maximum Gasteiger partial charge on any atom is 0.229 e. The molecule has 0 radical (unpaired) electrons. The fourth-order valence-electron chi connectivity index (χ4n) is 7.38. The lowest BCUT2D eigenvalue weighted by molar-refractivity contribution is -0.132. The lowest BCUT2D eigenvalue weighted by Crippen LogP contribution is -2.32. The quantitative estimate of drug-likeness (QED) is 0.154. The fourth-order valence-corrected chi connectivity index (χ4v) is 7.38. The molecule has 3 aromatic carbocycles. The molecule has 0 unspecified atom stereocenters. The Bertz CT molecular complexity index is 2090. The summed E-state index contributed by atoms with van der Waals surface area (Å²) in [5.41, 5.74) is 8.95. The summed E-state index contributed by atoms with van der Waals surface area (Å²) in [5, 5.41) is 7.15. The Hall–Kier alpha value is -5.77. The molecule has 252 valence electrons. The second-order valence-electron chi connectivity index (χ2n) is 13.4. The van der Waals surface area contributed by atoms with Crippen LogP contribution in [0.1, 0.15) is 66.4 Å². The van der Waals surface area contributed by atoms with E-state index in [1.54, 1.807) is 0 Å². The molecule has 0 spiro atoms. The number of imidazole rings is 2. The van der Waals surface area contributed by atoms with Gasteiger partial charge in [0, 0.05) is 18.8 Å². The van der Waals surface area contributed by atoms with Gasteiger partial charge in [-0.2, -0.15) is 5.10 Å². The largest absolute Gasteiger partial charge is 0.340 e. The first kappa shape index (κ1) is 31.5. The van der Waals surface area contributed by atoms with Gasteiger partial charge in [-0.25, -0.2) is 9.97 Å². The minimum Gasteiger partial charge on any atom is -0.340 e. The average Bonchev–Trinajstić information content (AvgIpc) is 3.98. The number of nitrogens with zero attached hydrogens (tertiary/aromatic N) is 5. The summed E-state index contributed by atoms with van der Waals surface area (Å²) in [5.74, 6) is 1.89. The Kier molecular flexibility index (Phi) is 8.58. The van der Waals surface area contributed by atoms with Crippen LogP contribution in [0.5, 0.6) is 0 Å². The molecule has 3 N–H and O–H groups in total. The third-order valence-electron chi connectivity index (χ3n) is 9.98. The summed E-state index contributed by atoms with van der Waals surface area (Å²) in [6.07, 6.45) is 8.16. The summed E-state index contributed by atoms with van der Waals surface area (Å²) in [6.45, 7) is 3.43. The normalized spacial score (nSPS) is 17.5. The molecule has 2 fully saturated rings. The highest BCUT2D eigenvalue weighted by molar-refractivity contribution is 5.80. The van der Waals surface area contributed by atoms with Crippen molar-refractivity contribution in [1.82, 2.24) is 39.9 Å². The minimum absolute atomic E-state index is 0.0277. The number of carbonyl (C=O) groups excluding carboxylic acids is 2. The molecule has 10 nitrogen and oxygen atoms in total. The number of H-pyrrole nitrogens is 3. The Labute approximate surface area is 291 Å². The van der Waals surface area contributed by atoms with Crippen molar-refractivity contribution in [2.24, 2.45) is 0 Å². The number of likely N-dealkylation sites (tertiary alicyclic amines) is 2. The van der Waals surface area contributed by atoms with Crippen LogP contribution in [0.25, 0.3) is 33.6 Å². The molecule has 2 amide bonds. The van der Waals surface area contributed by atoms with Crippen molar-refractivity contribution in [2.45, 2.75) is 57.5 Å². The van der Waals surface area contributed by atoms with Crippen LogP contribution in [0.2, 0.25) is 0 Å². The van der Waals surface area contributed by atoms with E-state index in [4.69, 9.17) is 9.97 Å². The predicted molar refractivity (Wildman–Crippen MR) is 192 cm³/mol. The highest BCUT2D eigenvalue weighted by atomic mass is 16.2. The first-order valence-electron chi connectivity index (χ1n) is 17.4. The SMILES string of the molecule is Cc1cc(CC(=O)N2CCC[C@H]2c2ncc(-c3ccc(-c4ccc(-c5cnc([C@@H]6CCCN6C(=O)Cc6ccccc6)[nH]5)cc4)cc3)[nH]2)n[nH]1. The summed E-state index contributed by atoms with van der Waals surface area (Å²) < 4.78 is 0. The molecule has 2 aliphatic rings. The van der Waals surface area contributed by atoms with Crippen molar-refractivity contribution in [2.75, 3.05) is 13.1 Å². The van der Waals surface area contributed by atoms with Gasteiger partial charge >= 0.3 is 0 Å². The maximum atomic E-state index is 13.2. The van der Waals surface area contributed by atoms with E-state index in [1.165, 1.54) is 0 Å². The first-order valence-corrected chi connectivity index (χ1v) is 17.4. The van der Waals surface area contributed by atoms with Crippen LogP contribution in [0.3, 0.4) is 0 Å². The van der Waals surface area contributed by atoms with E-state index >= 15 is 0 Å². The first-order chi connectivity index (χ1) is 24.5. The van der Waals surface area contributed by atoms with E-state index in [9.17, 15) is 9.59 Å². The maximum absolute atomic E-state index is 13.2. The van der Waals surface area contributed by atoms with Crippen molar-refractivity contribution in [1.29, 1.82) is 0 Å². The van der Waals surface area contributed by atoms with Gasteiger partial charge in [0.2, 0.25) is 11.8 Å². The molecule has 3 aromatic heterocycles. The summed E-state index contributed by atoms with van der Waals surface area (Å²) in [6, 6.07) is 28.7. The van der Waals surface area contributed by atoms with Crippen LogP contribution < -0.4 is 0 Å². The number of carbonyl (C=O) groups is 2. The predicted octanol–water partition coefficient (Wildman–Crippen LogP) is 6.98. The molecule has 2 atom stereocenters. The molecule has 0 aliphatic carbocycles. The number of hydrogen-bond donors (Lipinski definition) is 3. The number of aromatic amines is 3. The van der Waals surface area contributed by atoms with Gasteiger partial charge in [-0.15, -0.1) is 0 Å². The highest BCUT2D eigenvalue weighted by Crippen LogP contribution is 2.34. The Balaban J connectivity index is 0.910. The number of aromatic nitrogens is 6. The molecule has 0 bridgehead atoms. The standard InChI is InChI=1S/C40H40N8O2/c1-26-21-32(46-45-26)23-38(50)48-20-6-10-36(48)40-42-25-34(44-40)31-17-13-29(14-18-31)28-11-15-30(16-12-28)33-24-41-39(43-33)35-9-5-19-47(35)37(49)22-27-7-3-2-4-8-27/h2-4,7-8,11-18,21,24-25,35-36H,5-6,9-10,19-20,22-23H2,1H3,(H,41,43)(H,42,44)(H,45,46)/t35-,36-/m0/s1. The highest BCUT2D eigenvalue weighted by Gasteiger charge is 2.33. The van der Waals surface area contributed by atoms with Crippen LogP contribution in [0, 0.1) is 6.92 Å². The molecule has 2 saturated heterocycles. The van der Waals surface area contributed by atoms with Crippen LogP contribution >= 0.6 is 0 Å². The zero-order chi connectivity index (χ0) is 34.0. The van der Waals surface area contributed by atoms with Crippen LogP contribution in [-0.4, -0.2) is 64.8 Å². The summed E-state index contributed by atoms with van der Waals surface area (Å²) >= 11 is 0. The van der Waals surface area contributed by atoms with Gasteiger partial charge in [0.1, 0.15) is 11.6 Å². The molecule has 0 saturated carbocycles. The second kappa shape index (κ2) is 13.6. The number of aryl methyl sites for hydroxylation is 1. The molecular formula is C40H40N8O2. The fraction of sp³-hybridized carbons (Fsp3) is 0.275. The lowest BCUT2D eigenvalue weighted by Gasteiger charge is -2.23. The Morgan fingerprint density at radius 3 is 1.68 bits per heavy atom. The lowest BCUT2D eigenvalue weighted by atomic mass is 10.0. The summed E-state index contributed by atoms with van der Waals surface area (Å²) in [4.78, 5) is 46.6. The zero-order valence-corrected chi connectivity index (χ0v) is 28.1. The van der Waals surface area contributed by atoms with E-state index in [-0.39, 0.29) is 30.3 Å². The van der Waals surface area contributed by atoms with Gasteiger partial charge in [-0.05, 0) is 66.5 Å². The van der Waals surface area contributed by atoms with Gasteiger partial charge in [0.15, 0.2) is 0 Å². The van der Waals surface area contributed by atoms with Gasteiger partial charge in [-0.3, -0.25) is 14.7 Å². The third-order valence-corrected chi connectivity index (χ3v) is 9.98. The number of nitrogens with one attached hydrogen (secondary N) is 3. The van der Waals surface area contributed by atoms with E-state index in [0.717, 1.165) is 101 Å². The number of benzene rings is 3. The molecule has 5 heterocycles. The van der Waals surface area contributed by atoms with Gasteiger partial charge < -0.3 is 19.8 Å². The van der Waals surface area contributed by atoms with E-state index in [0.29, 0.717) is 6.42 Å². The van der Waals surface area contributed by atoms with Gasteiger partial charge in [0.25, 0.3) is 0 Å². The van der Waals surface area contributed by atoms with Gasteiger partial charge in [-0.1, -0.05) is 78.9 Å². The molecule has 6 aromatic rings.